The summed E-state index contributed by atoms with van der Waals surface area (Å²) in [6.45, 7) is 3.06. The first-order valence-corrected chi connectivity index (χ1v) is 7.59. The molecule has 116 valence electrons. The number of rotatable bonds is 6. The summed E-state index contributed by atoms with van der Waals surface area (Å²) in [6.07, 6.45) is 2.22. The van der Waals surface area contributed by atoms with Crippen LogP contribution in [0.15, 0.2) is 36.4 Å². The van der Waals surface area contributed by atoms with Gasteiger partial charge >= 0.3 is 0 Å². The summed E-state index contributed by atoms with van der Waals surface area (Å²) in [5.74, 6) is 0.449. The van der Waals surface area contributed by atoms with Gasteiger partial charge < -0.3 is 10.2 Å². The van der Waals surface area contributed by atoms with E-state index in [0.29, 0.717) is 10.7 Å². The van der Waals surface area contributed by atoms with Crippen LogP contribution in [0.1, 0.15) is 30.3 Å². The van der Waals surface area contributed by atoms with Gasteiger partial charge in [-0.15, -0.1) is 10.2 Å². The molecular formula is C16H19ClN4O. The van der Waals surface area contributed by atoms with Crippen molar-refractivity contribution in [3.05, 3.63) is 47.1 Å². The topological polar surface area (TPSA) is 58.1 Å². The summed E-state index contributed by atoms with van der Waals surface area (Å²) in [4.78, 5) is 14.1. The predicted molar refractivity (Wildman–Crippen MR) is 89.6 cm³/mol. The quantitative estimate of drug-likeness (QED) is 0.883. The zero-order valence-electron chi connectivity index (χ0n) is 12.7. The van der Waals surface area contributed by atoms with Crippen molar-refractivity contribution in [1.29, 1.82) is 0 Å². The summed E-state index contributed by atoms with van der Waals surface area (Å²) in [5, 5.41) is 11.4. The molecule has 0 fully saturated rings. The Labute approximate surface area is 135 Å². The fraction of sp³-hybridized carbons (Fsp3) is 0.312. The van der Waals surface area contributed by atoms with Crippen LogP contribution in [0.2, 0.25) is 5.02 Å². The fourth-order valence-electron chi connectivity index (χ4n) is 1.92. The Morgan fingerprint density at radius 3 is 2.73 bits per heavy atom. The molecule has 0 spiro atoms. The smallest absolute Gasteiger partial charge is 0.276 e. The number of halogens is 1. The number of anilines is 2. The first kappa shape index (κ1) is 16.2. The van der Waals surface area contributed by atoms with Crippen LogP contribution in [0.3, 0.4) is 0 Å². The number of amides is 1. The molecule has 1 N–H and O–H groups in total. The van der Waals surface area contributed by atoms with Crippen molar-refractivity contribution in [2.75, 3.05) is 23.8 Å². The van der Waals surface area contributed by atoms with Crippen LogP contribution < -0.4 is 10.2 Å². The van der Waals surface area contributed by atoms with Crippen LogP contribution >= 0.6 is 11.6 Å². The van der Waals surface area contributed by atoms with E-state index in [-0.39, 0.29) is 11.6 Å². The van der Waals surface area contributed by atoms with Crippen molar-refractivity contribution in [2.24, 2.45) is 0 Å². The van der Waals surface area contributed by atoms with Gasteiger partial charge in [0, 0.05) is 24.3 Å². The minimum Gasteiger partial charge on any atom is -0.358 e. The molecule has 5 nitrogen and oxygen atoms in total. The molecule has 22 heavy (non-hydrogen) atoms. The SMILES string of the molecule is CCCCN(C)c1ccc(C(=O)Nc2cccc(Cl)c2)nn1. The number of carbonyl (C=O) groups excluding carboxylic acids is 1. The van der Waals surface area contributed by atoms with Crippen LogP contribution in [0, 0.1) is 0 Å². The van der Waals surface area contributed by atoms with E-state index in [0.717, 1.165) is 25.2 Å². The third-order valence-corrected chi connectivity index (χ3v) is 3.44. The molecule has 6 heteroatoms. The number of aromatic nitrogens is 2. The average molecular weight is 319 g/mol. The highest BCUT2D eigenvalue weighted by Crippen LogP contribution is 2.16. The lowest BCUT2D eigenvalue weighted by atomic mass is 10.3. The Kier molecular flexibility index (Phi) is 5.72. The first-order valence-electron chi connectivity index (χ1n) is 7.22. The standard InChI is InChI=1S/C16H19ClN4O/c1-3-4-10-21(2)15-9-8-14(19-20-15)16(22)18-13-7-5-6-12(17)11-13/h5-9,11H,3-4,10H2,1-2H3,(H,18,22). The van der Waals surface area contributed by atoms with Gasteiger partial charge in [0.1, 0.15) is 0 Å². The second-order valence-electron chi connectivity index (χ2n) is 5.02. The molecule has 1 aromatic heterocycles. The highest BCUT2D eigenvalue weighted by molar-refractivity contribution is 6.30. The first-order chi connectivity index (χ1) is 10.6. The van der Waals surface area contributed by atoms with Crippen molar-refractivity contribution in [1.82, 2.24) is 10.2 Å². The Morgan fingerprint density at radius 2 is 2.09 bits per heavy atom. The average Bonchev–Trinajstić information content (AvgIpc) is 2.52. The summed E-state index contributed by atoms with van der Waals surface area (Å²) < 4.78 is 0. The number of unbranched alkanes of at least 4 members (excludes halogenated alkanes) is 1. The molecule has 0 saturated carbocycles. The molecule has 0 aliphatic heterocycles. The minimum absolute atomic E-state index is 0.271. The van der Waals surface area contributed by atoms with Crippen LogP contribution in [0.4, 0.5) is 11.5 Å². The number of benzene rings is 1. The van der Waals surface area contributed by atoms with Gasteiger partial charge in [-0.1, -0.05) is 31.0 Å². The summed E-state index contributed by atoms with van der Waals surface area (Å²) in [6, 6.07) is 10.4. The van der Waals surface area contributed by atoms with E-state index in [4.69, 9.17) is 11.6 Å². The van der Waals surface area contributed by atoms with Gasteiger partial charge in [-0.3, -0.25) is 4.79 Å². The molecule has 1 amide bonds. The Bertz CT molecular complexity index is 630. The third kappa shape index (κ3) is 4.43. The molecule has 1 heterocycles. The lowest BCUT2D eigenvalue weighted by Gasteiger charge is -2.16. The van der Waals surface area contributed by atoms with Crippen molar-refractivity contribution >= 4 is 29.0 Å². The zero-order chi connectivity index (χ0) is 15.9. The van der Waals surface area contributed by atoms with Crippen LogP contribution in [0.5, 0.6) is 0 Å². The maximum atomic E-state index is 12.1. The minimum atomic E-state index is -0.308. The van der Waals surface area contributed by atoms with E-state index in [9.17, 15) is 4.79 Å². The summed E-state index contributed by atoms with van der Waals surface area (Å²) >= 11 is 5.89. The maximum absolute atomic E-state index is 12.1. The van der Waals surface area contributed by atoms with Crippen molar-refractivity contribution < 1.29 is 4.79 Å². The van der Waals surface area contributed by atoms with Gasteiger partial charge in [0.2, 0.25) is 0 Å². The molecule has 0 saturated heterocycles. The predicted octanol–water partition coefficient (Wildman–Crippen LogP) is 3.62. The largest absolute Gasteiger partial charge is 0.358 e. The van der Waals surface area contributed by atoms with E-state index in [1.165, 1.54) is 0 Å². The molecule has 2 aromatic rings. The second kappa shape index (κ2) is 7.75. The third-order valence-electron chi connectivity index (χ3n) is 3.20. The molecular weight excluding hydrogens is 300 g/mol. The van der Waals surface area contributed by atoms with Crippen LogP contribution in [-0.2, 0) is 0 Å². The molecule has 0 bridgehead atoms. The van der Waals surface area contributed by atoms with E-state index in [2.05, 4.69) is 22.4 Å². The van der Waals surface area contributed by atoms with Crippen LogP contribution in [0.25, 0.3) is 0 Å². The van der Waals surface area contributed by atoms with Gasteiger partial charge in [-0.2, -0.15) is 0 Å². The maximum Gasteiger partial charge on any atom is 0.276 e. The van der Waals surface area contributed by atoms with E-state index < -0.39 is 0 Å². The molecule has 1 aromatic carbocycles. The lowest BCUT2D eigenvalue weighted by molar-refractivity contribution is 0.102. The van der Waals surface area contributed by atoms with Crippen molar-refractivity contribution in [3.63, 3.8) is 0 Å². The van der Waals surface area contributed by atoms with Gasteiger partial charge in [-0.05, 0) is 36.8 Å². The van der Waals surface area contributed by atoms with E-state index in [1.807, 2.05) is 11.9 Å². The Balaban J connectivity index is 2.02. The monoisotopic (exact) mass is 318 g/mol. The lowest BCUT2D eigenvalue weighted by Crippen LogP contribution is -2.21. The Hall–Kier alpha value is -2.14. The highest BCUT2D eigenvalue weighted by atomic mass is 35.5. The number of carbonyl (C=O) groups is 1. The highest BCUT2D eigenvalue weighted by Gasteiger charge is 2.10. The van der Waals surface area contributed by atoms with Gasteiger partial charge in [0.05, 0.1) is 0 Å². The van der Waals surface area contributed by atoms with Gasteiger partial charge in [-0.25, -0.2) is 0 Å². The van der Waals surface area contributed by atoms with Gasteiger partial charge in [0.25, 0.3) is 5.91 Å². The molecule has 0 aliphatic rings. The Morgan fingerprint density at radius 1 is 1.27 bits per heavy atom. The van der Waals surface area contributed by atoms with Gasteiger partial charge in [0.15, 0.2) is 11.5 Å². The molecule has 0 unspecified atom stereocenters. The summed E-state index contributed by atoms with van der Waals surface area (Å²) in [5.41, 5.74) is 0.899. The van der Waals surface area contributed by atoms with Crippen molar-refractivity contribution in [2.45, 2.75) is 19.8 Å². The van der Waals surface area contributed by atoms with E-state index in [1.54, 1.807) is 36.4 Å². The number of nitrogens with zero attached hydrogens (tertiary/aromatic N) is 3. The van der Waals surface area contributed by atoms with E-state index >= 15 is 0 Å². The zero-order valence-corrected chi connectivity index (χ0v) is 13.5. The molecule has 2 rings (SSSR count). The van der Waals surface area contributed by atoms with Crippen LogP contribution in [-0.4, -0.2) is 29.7 Å². The molecule has 0 aliphatic carbocycles. The fourth-order valence-corrected chi connectivity index (χ4v) is 2.11. The normalized spacial score (nSPS) is 10.3. The summed E-state index contributed by atoms with van der Waals surface area (Å²) in [7, 11) is 1.96. The second-order valence-corrected chi connectivity index (χ2v) is 5.45. The molecule has 0 radical (unpaired) electrons. The number of hydrogen-bond acceptors (Lipinski definition) is 4. The number of hydrogen-bond donors (Lipinski definition) is 1. The van der Waals surface area contributed by atoms with Crippen molar-refractivity contribution in [3.8, 4) is 0 Å². The molecule has 0 atom stereocenters. The number of nitrogens with one attached hydrogen (secondary N) is 1.